The minimum Gasteiger partial charge on any atom is -0.459 e. The van der Waals surface area contributed by atoms with Gasteiger partial charge in [0.2, 0.25) is 5.91 Å². The van der Waals surface area contributed by atoms with Gasteiger partial charge in [0.1, 0.15) is 0 Å². The van der Waals surface area contributed by atoms with Crippen molar-refractivity contribution in [3.63, 3.8) is 0 Å². The Morgan fingerprint density at radius 3 is 2.10 bits per heavy atom. The van der Waals surface area contributed by atoms with E-state index in [4.69, 9.17) is 10.2 Å². The number of amides is 2. The number of carbonyl (C=O) groups excluding carboxylic acids is 2. The summed E-state index contributed by atoms with van der Waals surface area (Å²) in [6.45, 7) is 3.25. The number of nitrogens with one attached hydrogen (secondary N) is 2. The van der Waals surface area contributed by atoms with Crippen molar-refractivity contribution in [2.24, 2.45) is 5.73 Å². The summed E-state index contributed by atoms with van der Waals surface area (Å²) in [6.07, 6.45) is 1.43. The second-order valence-corrected chi connectivity index (χ2v) is 5.18. The smallest absolute Gasteiger partial charge is 0.291 e. The summed E-state index contributed by atoms with van der Waals surface area (Å²) in [7, 11) is 0. The number of hydrogen-bond donors (Lipinski definition) is 3. The van der Waals surface area contributed by atoms with Crippen LogP contribution in [0.1, 0.15) is 24.4 Å². The molecule has 2 amide bonds. The molecule has 0 saturated carbocycles. The maximum Gasteiger partial charge on any atom is 0.291 e. The van der Waals surface area contributed by atoms with E-state index in [1.807, 2.05) is 0 Å². The zero-order chi connectivity index (χ0) is 15.5. The van der Waals surface area contributed by atoms with Crippen LogP contribution in [0, 0.1) is 0 Å². The quantitative estimate of drug-likeness (QED) is 0.803. The first-order chi connectivity index (χ1) is 9.86. The summed E-state index contributed by atoms with van der Waals surface area (Å²) in [6, 6.07) is 9.94. The maximum absolute atomic E-state index is 11.8. The third kappa shape index (κ3) is 3.93. The monoisotopic (exact) mass is 287 g/mol. The molecule has 0 aliphatic heterocycles. The Morgan fingerprint density at radius 1 is 1.05 bits per heavy atom. The summed E-state index contributed by atoms with van der Waals surface area (Å²) in [5.41, 5.74) is 5.95. The molecule has 0 atom stereocenters. The molecule has 4 N–H and O–H groups in total. The van der Waals surface area contributed by atoms with Crippen LogP contribution in [0.5, 0.6) is 0 Å². The molecule has 110 valence electrons. The lowest BCUT2D eigenvalue weighted by Crippen LogP contribution is -2.45. The van der Waals surface area contributed by atoms with E-state index >= 15 is 0 Å². The average Bonchev–Trinajstić information content (AvgIpc) is 2.94. The average molecular weight is 287 g/mol. The highest BCUT2D eigenvalue weighted by Gasteiger charge is 2.21. The van der Waals surface area contributed by atoms with E-state index in [0.717, 1.165) is 0 Å². The molecule has 6 heteroatoms. The van der Waals surface area contributed by atoms with E-state index in [9.17, 15) is 9.59 Å². The van der Waals surface area contributed by atoms with Gasteiger partial charge in [-0.3, -0.25) is 9.59 Å². The van der Waals surface area contributed by atoms with Crippen molar-refractivity contribution < 1.29 is 14.0 Å². The Hall–Kier alpha value is -2.60. The molecule has 0 fully saturated rings. The van der Waals surface area contributed by atoms with Gasteiger partial charge in [-0.05, 0) is 50.2 Å². The fourth-order valence-electron chi connectivity index (χ4n) is 1.53. The van der Waals surface area contributed by atoms with Crippen molar-refractivity contribution in [3.05, 3.63) is 48.4 Å². The highest BCUT2D eigenvalue weighted by Crippen LogP contribution is 2.16. The van der Waals surface area contributed by atoms with Crippen LogP contribution >= 0.6 is 0 Å². The Bertz CT molecular complexity index is 625. The molecule has 0 radical (unpaired) electrons. The van der Waals surface area contributed by atoms with Gasteiger partial charge in [0.15, 0.2) is 5.76 Å². The molecule has 0 unspecified atom stereocenters. The summed E-state index contributed by atoms with van der Waals surface area (Å²) in [4.78, 5) is 23.5. The van der Waals surface area contributed by atoms with Crippen LogP contribution in [0.3, 0.4) is 0 Å². The van der Waals surface area contributed by atoms with Crippen molar-refractivity contribution in [3.8, 4) is 0 Å². The van der Waals surface area contributed by atoms with Crippen molar-refractivity contribution in [1.82, 2.24) is 0 Å². The SMILES string of the molecule is CC(C)(N)C(=O)Nc1ccc(NC(=O)c2ccco2)cc1. The molecule has 0 bridgehead atoms. The lowest BCUT2D eigenvalue weighted by molar-refractivity contribution is -0.120. The second-order valence-electron chi connectivity index (χ2n) is 5.18. The fourth-order valence-corrected chi connectivity index (χ4v) is 1.53. The number of carbonyl (C=O) groups is 2. The standard InChI is InChI=1S/C15H17N3O3/c1-15(2,16)14(20)18-11-7-5-10(6-8-11)17-13(19)12-4-3-9-21-12/h3-9H,16H2,1-2H3,(H,17,19)(H,18,20). The summed E-state index contributed by atoms with van der Waals surface area (Å²) < 4.78 is 5.00. The van der Waals surface area contributed by atoms with E-state index in [1.54, 1.807) is 50.2 Å². The van der Waals surface area contributed by atoms with Crippen LogP contribution in [0.25, 0.3) is 0 Å². The van der Waals surface area contributed by atoms with Crippen LogP contribution in [0.4, 0.5) is 11.4 Å². The molecule has 6 nitrogen and oxygen atoms in total. The molecule has 0 aliphatic rings. The molecule has 0 aliphatic carbocycles. The van der Waals surface area contributed by atoms with Crippen LogP contribution < -0.4 is 16.4 Å². The largest absolute Gasteiger partial charge is 0.459 e. The molecule has 0 spiro atoms. The number of benzene rings is 1. The van der Waals surface area contributed by atoms with E-state index in [-0.39, 0.29) is 17.6 Å². The van der Waals surface area contributed by atoms with Crippen LogP contribution in [-0.4, -0.2) is 17.4 Å². The van der Waals surface area contributed by atoms with Gasteiger partial charge in [0.05, 0.1) is 11.8 Å². The Kier molecular flexibility index (Phi) is 4.09. The second kappa shape index (κ2) is 5.80. The van der Waals surface area contributed by atoms with E-state index < -0.39 is 5.54 Å². The van der Waals surface area contributed by atoms with Crippen LogP contribution in [0.15, 0.2) is 47.1 Å². The number of rotatable bonds is 4. The highest BCUT2D eigenvalue weighted by molar-refractivity contribution is 6.02. The predicted octanol–water partition coefficient (Wildman–Crippen LogP) is 2.21. The van der Waals surface area contributed by atoms with Gasteiger partial charge in [-0.25, -0.2) is 0 Å². The molecular formula is C15H17N3O3. The lowest BCUT2D eigenvalue weighted by atomic mass is 10.1. The van der Waals surface area contributed by atoms with Gasteiger partial charge in [0.25, 0.3) is 5.91 Å². The van der Waals surface area contributed by atoms with Gasteiger partial charge in [-0.2, -0.15) is 0 Å². The predicted molar refractivity (Wildman–Crippen MR) is 80.0 cm³/mol. The highest BCUT2D eigenvalue weighted by atomic mass is 16.3. The Labute approximate surface area is 122 Å². The number of nitrogens with two attached hydrogens (primary N) is 1. The summed E-state index contributed by atoms with van der Waals surface area (Å²) in [5, 5.41) is 5.38. The zero-order valence-corrected chi connectivity index (χ0v) is 11.8. The zero-order valence-electron chi connectivity index (χ0n) is 11.8. The number of hydrogen-bond acceptors (Lipinski definition) is 4. The first-order valence-electron chi connectivity index (χ1n) is 6.41. The number of furan rings is 1. The van der Waals surface area contributed by atoms with Gasteiger partial charge in [0, 0.05) is 11.4 Å². The van der Waals surface area contributed by atoms with Crippen LogP contribution in [0.2, 0.25) is 0 Å². The van der Waals surface area contributed by atoms with Crippen molar-refractivity contribution >= 4 is 23.2 Å². The third-order valence-corrected chi connectivity index (χ3v) is 2.73. The molecule has 2 aromatic rings. The lowest BCUT2D eigenvalue weighted by Gasteiger charge is -2.17. The summed E-state index contributed by atoms with van der Waals surface area (Å²) in [5.74, 6) is -0.382. The van der Waals surface area contributed by atoms with E-state index in [2.05, 4.69) is 10.6 Å². The van der Waals surface area contributed by atoms with Gasteiger partial charge >= 0.3 is 0 Å². The Morgan fingerprint density at radius 2 is 1.62 bits per heavy atom. The molecular weight excluding hydrogens is 270 g/mol. The maximum atomic E-state index is 11.8. The third-order valence-electron chi connectivity index (χ3n) is 2.73. The van der Waals surface area contributed by atoms with Crippen molar-refractivity contribution in [2.45, 2.75) is 19.4 Å². The molecule has 0 saturated heterocycles. The first-order valence-corrected chi connectivity index (χ1v) is 6.41. The normalized spacial score (nSPS) is 11.0. The van der Waals surface area contributed by atoms with Crippen LogP contribution in [-0.2, 0) is 4.79 Å². The molecule has 1 aromatic heterocycles. The van der Waals surface area contributed by atoms with Gasteiger partial charge in [-0.1, -0.05) is 0 Å². The summed E-state index contributed by atoms with van der Waals surface area (Å²) >= 11 is 0. The van der Waals surface area contributed by atoms with E-state index in [0.29, 0.717) is 11.4 Å². The minimum absolute atomic E-state index is 0.234. The van der Waals surface area contributed by atoms with Crippen molar-refractivity contribution in [1.29, 1.82) is 0 Å². The molecule has 1 aromatic carbocycles. The van der Waals surface area contributed by atoms with E-state index in [1.165, 1.54) is 6.26 Å². The van der Waals surface area contributed by atoms with Gasteiger partial charge in [-0.15, -0.1) is 0 Å². The number of anilines is 2. The van der Waals surface area contributed by atoms with Crippen molar-refractivity contribution in [2.75, 3.05) is 10.6 Å². The first kappa shape index (κ1) is 14.8. The molecule has 1 heterocycles. The van der Waals surface area contributed by atoms with Gasteiger partial charge < -0.3 is 20.8 Å². The minimum atomic E-state index is -0.952. The fraction of sp³-hybridized carbons (Fsp3) is 0.200. The molecule has 2 rings (SSSR count). The molecule has 21 heavy (non-hydrogen) atoms. The topological polar surface area (TPSA) is 97.4 Å². The Balaban J connectivity index is 1.99.